The van der Waals surface area contributed by atoms with Gasteiger partial charge < -0.3 is 14.7 Å². The summed E-state index contributed by atoms with van der Waals surface area (Å²) in [7, 11) is 1.49. The zero-order valence-electron chi connectivity index (χ0n) is 10.2. The van der Waals surface area contributed by atoms with Crippen LogP contribution in [0.4, 0.5) is 13.2 Å². The predicted octanol–water partition coefficient (Wildman–Crippen LogP) is 1.75. The molecule has 0 amide bonds. The van der Waals surface area contributed by atoms with E-state index in [1.807, 2.05) is 0 Å². The zero-order chi connectivity index (χ0) is 13.8. The van der Waals surface area contributed by atoms with E-state index >= 15 is 0 Å². The van der Waals surface area contributed by atoms with E-state index in [9.17, 15) is 18.0 Å². The second kappa shape index (κ2) is 6.38. The molecular formula is C11H18F3NO3. The van der Waals surface area contributed by atoms with E-state index in [4.69, 9.17) is 9.84 Å². The number of halogens is 3. The van der Waals surface area contributed by atoms with Gasteiger partial charge in [-0.1, -0.05) is 0 Å². The lowest BCUT2D eigenvalue weighted by molar-refractivity contribution is -0.196. The number of hydrogen-bond donors (Lipinski definition) is 1. The molecule has 0 radical (unpaired) electrons. The number of carbonyl (C=O) groups is 1. The second-order valence-corrected chi connectivity index (χ2v) is 4.64. The van der Waals surface area contributed by atoms with Crippen molar-refractivity contribution in [2.75, 3.05) is 26.7 Å². The molecule has 2 unspecified atom stereocenters. The van der Waals surface area contributed by atoms with Crippen molar-refractivity contribution in [3.05, 3.63) is 0 Å². The molecule has 1 aliphatic heterocycles. The summed E-state index contributed by atoms with van der Waals surface area (Å²) < 4.78 is 42.8. The van der Waals surface area contributed by atoms with Crippen molar-refractivity contribution < 1.29 is 27.8 Å². The number of rotatable bonds is 5. The SMILES string of the molecule is CN(CC1CCCCO1)CC(C(=O)O)C(F)(F)F. The molecule has 0 aromatic heterocycles. The van der Waals surface area contributed by atoms with E-state index in [-0.39, 0.29) is 6.10 Å². The highest BCUT2D eigenvalue weighted by atomic mass is 19.4. The average molecular weight is 269 g/mol. The van der Waals surface area contributed by atoms with Gasteiger partial charge in [0.15, 0.2) is 5.92 Å². The van der Waals surface area contributed by atoms with Gasteiger partial charge in [-0.3, -0.25) is 4.79 Å². The fourth-order valence-corrected chi connectivity index (χ4v) is 2.01. The van der Waals surface area contributed by atoms with Crippen LogP contribution in [0.3, 0.4) is 0 Å². The third kappa shape index (κ3) is 4.81. The van der Waals surface area contributed by atoms with Gasteiger partial charge in [-0.05, 0) is 26.3 Å². The Morgan fingerprint density at radius 1 is 1.50 bits per heavy atom. The average Bonchev–Trinajstić information content (AvgIpc) is 2.25. The summed E-state index contributed by atoms with van der Waals surface area (Å²) in [6.07, 6.45) is -2.02. The normalized spacial score (nSPS) is 23.1. The lowest BCUT2D eigenvalue weighted by atomic mass is 10.1. The van der Waals surface area contributed by atoms with Gasteiger partial charge in [-0.25, -0.2) is 0 Å². The number of ether oxygens (including phenoxy) is 1. The Balaban J connectivity index is 2.45. The van der Waals surface area contributed by atoms with Gasteiger partial charge in [0.1, 0.15) is 0 Å². The summed E-state index contributed by atoms with van der Waals surface area (Å²) in [4.78, 5) is 12.0. The molecule has 0 bridgehead atoms. The summed E-state index contributed by atoms with van der Waals surface area (Å²) in [5.74, 6) is -4.18. The van der Waals surface area contributed by atoms with Crippen LogP contribution < -0.4 is 0 Å². The van der Waals surface area contributed by atoms with E-state index in [0.717, 1.165) is 19.3 Å². The number of carboxylic acids is 1. The zero-order valence-corrected chi connectivity index (χ0v) is 10.2. The number of aliphatic carboxylic acids is 1. The maximum absolute atomic E-state index is 12.5. The topological polar surface area (TPSA) is 49.8 Å². The van der Waals surface area contributed by atoms with Gasteiger partial charge in [0.05, 0.1) is 6.10 Å². The predicted molar refractivity (Wildman–Crippen MR) is 58.3 cm³/mol. The third-order valence-electron chi connectivity index (χ3n) is 2.98. The molecule has 4 nitrogen and oxygen atoms in total. The molecule has 1 saturated heterocycles. The minimum absolute atomic E-state index is 0.0913. The van der Waals surface area contributed by atoms with Crippen LogP contribution in [0.15, 0.2) is 0 Å². The molecule has 18 heavy (non-hydrogen) atoms. The minimum atomic E-state index is -4.71. The van der Waals surface area contributed by atoms with Crippen molar-refractivity contribution in [1.82, 2.24) is 4.90 Å². The van der Waals surface area contributed by atoms with Gasteiger partial charge in [0.2, 0.25) is 0 Å². The van der Waals surface area contributed by atoms with Crippen molar-refractivity contribution in [3.63, 3.8) is 0 Å². The second-order valence-electron chi connectivity index (χ2n) is 4.64. The van der Waals surface area contributed by atoms with Crippen LogP contribution in [-0.2, 0) is 9.53 Å². The Labute approximate surface area is 104 Å². The molecule has 0 saturated carbocycles. The van der Waals surface area contributed by atoms with Crippen molar-refractivity contribution >= 4 is 5.97 Å². The largest absolute Gasteiger partial charge is 0.481 e. The Morgan fingerprint density at radius 3 is 2.61 bits per heavy atom. The molecule has 0 aliphatic carbocycles. The van der Waals surface area contributed by atoms with Crippen LogP contribution in [0, 0.1) is 5.92 Å². The van der Waals surface area contributed by atoms with Crippen LogP contribution in [-0.4, -0.2) is 55.0 Å². The Kier molecular flexibility index (Phi) is 5.40. The van der Waals surface area contributed by atoms with Crippen LogP contribution in [0.5, 0.6) is 0 Å². The van der Waals surface area contributed by atoms with Crippen LogP contribution >= 0.6 is 0 Å². The quantitative estimate of drug-likeness (QED) is 0.826. The summed E-state index contributed by atoms with van der Waals surface area (Å²) in [6.45, 7) is 0.415. The number of nitrogens with zero attached hydrogens (tertiary/aromatic N) is 1. The van der Waals surface area contributed by atoms with Gasteiger partial charge in [-0.15, -0.1) is 0 Å². The molecule has 106 valence electrons. The molecular weight excluding hydrogens is 251 g/mol. The molecule has 1 N–H and O–H groups in total. The van der Waals surface area contributed by atoms with Crippen molar-refractivity contribution in [3.8, 4) is 0 Å². The molecule has 1 heterocycles. The van der Waals surface area contributed by atoms with Crippen LogP contribution in [0.2, 0.25) is 0 Å². The first kappa shape index (κ1) is 15.2. The summed E-state index contributed by atoms with van der Waals surface area (Å²) in [5, 5.41) is 8.59. The molecule has 0 spiro atoms. The first-order valence-electron chi connectivity index (χ1n) is 5.90. The maximum Gasteiger partial charge on any atom is 0.403 e. The molecule has 7 heteroatoms. The van der Waals surface area contributed by atoms with Gasteiger partial charge in [0, 0.05) is 19.7 Å². The fourth-order valence-electron chi connectivity index (χ4n) is 2.01. The molecule has 2 atom stereocenters. The first-order valence-corrected chi connectivity index (χ1v) is 5.90. The van der Waals surface area contributed by atoms with E-state index < -0.39 is 24.6 Å². The minimum Gasteiger partial charge on any atom is -0.481 e. The molecule has 1 rings (SSSR count). The van der Waals surface area contributed by atoms with E-state index in [1.165, 1.54) is 11.9 Å². The standard InChI is InChI=1S/C11H18F3NO3/c1-15(6-8-4-2-3-5-18-8)7-9(10(16)17)11(12,13)14/h8-9H,2-7H2,1H3,(H,16,17). The number of carboxylic acid groups (broad SMARTS) is 1. The van der Waals surface area contributed by atoms with Crippen molar-refractivity contribution in [2.24, 2.45) is 5.92 Å². The fraction of sp³-hybridized carbons (Fsp3) is 0.909. The highest BCUT2D eigenvalue weighted by molar-refractivity contribution is 5.71. The molecule has 0 aromatic carbocycles. The number of likely N-dealkylation sites (N-methyl/N-ethyl adjacent to an activating group) is 1. The Hall–Kier alpha value is -0.820. The monoisotopic (exact) mass is 269 g/mol. The Bertz CT molecular complexity index is 277. The summed E-state index contributed by atoms with van der Waals surface area (Å²) >= 11 is 0. The highest BCUT2D eigenvalue weighted by Crippen LogP contribution is 2.27. The van der Waals surface area contributed by atoms with E-state index in [2.05, 4.69) is 0 Å². The van der Waals surface area contributed by atoms with Crippen LogP contribution in [0.25, 0.3) is 0 Å². The van der Waals surface area contributed by atoms with Gasteiger partial charge in [-0.2, -0.15) is 13.2 Å². The molecule has 1 aliphatic rings. The van der Waals surface area contributed by atoms with E-state index in [1.54, 1.807) is 0 Å². The van der Waals surface area contributed by atoms with Gasteiger partial charge >= 0.3 is 12.1 Å². The van der Waals surface area contributed by atoms with Crippen LogP contribution in [0.1, 0.15) is 19.3 Å². The lowest BCUT2D eigenvalue weighted by Crippen LogP contribution is -2.43. The smallest absolute Gasteiger partial charge is 0.403 e. The van der Waals surface area contributed by atoms with Crippen molar-refractivity contribution in [2.45, 2.75) is 31.5 Å². The van der Waals surface area contributed by atoms with Crippen molar-refractivity contribution in [1.29, 1.82) is 0 Å². The lowest BCUT2D eigenvalue weighted by Gasteiger charge is -2.29. The summed E-state index contributed by atoms with van der Waals surface area (Å²) in [6, 6.07) is 0. The first-order chi connectivity index (χ1) is 8.30. The molecule has 0 aromatic rings. The highest BCUT2D eigenvalue weighted by Gasteiger charge is 2.45. The third-order valence-corrected chi connectivity index (χ3v) is 2.98. The van der Waals surface area contributed by atoms with Gasteiger partial charge in [0.25, 0.3) is 0 Å². The summed E-state index contributed by atoms with van der Waals surface area (Å²) in [5.41, 5.74) is 0. The Morgan fingerprint density at radius 2 is 2.17 bits per heavy atom. The maximum atomic E-state index is 12.5. The number of alkyl halides is 3. The number of hydrogen-bond acceptors (Lipinski definition) is 3. The molecule has 1 fully saturated rings. The van der Waals surface area contributed by atoms with E-state index in [0.29, 0.717) is 13.2 Å².